The molecule has 1 aliphatic rings. The second-order valence-corrected chi connectivity index (χ2v) is 15.5. The van der Waals surface area contributed by atoms with Crippen molar-refractivity contribution in [1.82, 2.24) is 19.9 Å². The van der Waals surface area contributed by atoms with Gasteiger partial charge in [0.05, 0.1) is 15.7 Å². The van der Waals surface area contributed by atoms with Crippen LogP contribution in [0.2, 0.25) is 0 Å². The smallest absolute Gasteiger partial charge is 0.164 e. The first-order chi connectivity index (χ1) is 27.0. The molecule has 0 bridgehead atoms. The maximum absolute atomic E-state index is 6.95. The van der Waals surface area contributed by atoms with Crippen LogP contribution >= 0.6 is 11.3 Å². The monoisotopic (exact) mass is 724 g/mol. The topological polar surface area (TPSA) is 64.7 Å². The standard InChI is InChI=1S/C49H32N4OS/c1-49(2)40-27-32(22-23-36(40)37-24-25-41-43(42(37)49)50-28-55-41)35-19-11-21-39-38-20-10-18-34(44(38)54-45(35)39)31-16-9-17-33(26-31)48-52-46(29-12-5-3-6-13-29)51-47(53-48)30-14-7-4-8-15-30/h3-28H,1-2H3. The van der Waals surface area contributed by atoms with Gasteiger partial charge in [0, 0.05) is 44.0 Å². The maximum atomic E-state index is 6.95. The Balaban J connectivity index is 1.03. The largest absolute Gasteiger partial charge is 0.455 e. The summed E-state index contributed by atoms with van der Waals surface area (Å²) >= 11 is 1.70. The lowest BCUT2D eigenvalue weighted by atomic mass is 9.81. The summed E-state index contributed by atoms with van der Waals surface area (Å²) in [6, 6.07) is 52.8. The van der Waals surface area contributed by atoms with Crippen LogP contribution in [0.4, 0.5) is 0 Å². The molecule has 3 heterocycles. The molecule has 260 valence electrons. The van der Waals surface area contributed by atoms with Crippen LogP contribution in [0.5, 0.6) is 0 Å². The zero-order valence-electron chi connectivity index (χ0n) is 30.1. The van der Waals surface area contributed by atoms with Crippen molar-refractivity contribution in [3.05, 3.63) is 168 Å². The summed E-state index contributed by atoms with van der Waals surface area (Å²) < 4.78 is 8.19. The third kappa shape index (κ3) is 4.99. The number of hydrogen-bond acceptors (Lipinski definition) is 6. The van der Waals surface area contributed by atoms with E-state index >= 15 is 0 Å². The molecule has 6 heteroatoms. The Morgan fingerprint density at radius 1 is 0.473 bits per heavy atom. The van der Waals surface area contributed by atoms with Crippen molar-refractivity contribution < 1.29 is 4.42 Å². The van der Waals surface area contributed by atoms with Crippen LogP contribution < -0.4 is 0 Å². The minimum Gasteiger partial charge on any atom is -0.455 e. The second kappa shape index (κ2) is 12.1. The number of thiazole rings is 1. The molecular weight excluding hydrogens is 693 g/mol. The lowest BCUT2D eigenvalue weighted by Gasteiger charge is -2.22. The molecule has 0 fully saturated rings. The van der Waals surface area contributed by atoms with E-state index in [0.29, 0.717) is 17.5 Å². The highest BCUT2D eigenvalue weighted by molar-refractivity contribution is 7.16. The van der Waals surface area contributed by atoms with Crippen molar-refractivity contribution in [3.8, 4) is 67.5 Å². The van der Waals surface area contributed by atoms with Gasteiger partial charge >= 0.3 is 0 Å². The molecule has 10 aromatic rings. The highest BCUT2D eigenvalue weighted by atomic mass is 32.1. The van der Waals surface area contributed by atoms with Crippen LogP contribution in [0.25, 0.3) is 99.7 Å². The van der Waals surface area contributed by atoms with Crippen LogP contribution in [0.1, 0.15) is 25.0 Å². The zero-order valence-corrected chi connectivity index (χ0v) is 30.9. The second-order valence-electron chi connectivity index (χ2n) is 14.7. The van der Waals surface area contributed by atoms with E-state index in [9.17, 15) is 0 Å². The fourth-order valence-electron chi connectivity index (χ4n) is 8.43. The molecule has 0 aliphatic heterocycles. The lowest BCUT2D eigenvalue weighted by molar-refractivity contribution is 0.664. The molecule has 0 N–H and O–H groups in total. The van der Waals surface area contributed by atoms with Crippen molar-refractivity contribution in [2.45, 2.75) is 19.3 Å². The number of benzene rings is 7. The maximum Gasteiger partial charge on any atom is 0.164 e. The van der Waals surface area contributed by atoms with Crippen molar-refractivity contribution in [1.29, 1.82) is 0 Å². The van der Waals surface area contributed by atoms with Gasteiger partial charge in [0.15, 0.2) is 17.5 Å². The lowest BCUT2D eigenvalue weighted by Crippen LogP contribution is -2.15. The van der Waals surface area contributed by atoms with Crippen molar-refractivity contribution in [2.24, 2.45) is 0 Å². The molecule has 0 atom stereocenters. The highest BCUT2D eigenvalue weighted by Gasteiger charge is 2.38. The van der Waals surface area contributed by atoms with Crippen LogP contribution in [-0.2, 0) is 5.41 Å². The minimum absolute atomic E-state index is 0.184. The first kappa shape index (κ1) is 31.7. The van der Waals surface area contributed by atoms with E-state index in [1.807, 2.05) is 66.2 Å². The normalized spacial score (nSPS) is 13.1. The number of aromatic nitrogens is 4. The number of hydrogen-bond donors (Lipinski definition) is 0. The van der Waals surface area contributed by atoms with Gasteiger partial charge in [-0.05, 0) is 51.6 Å². The first-order valence-corrected chi connectivity index (χ1v) is 19.3. The summed E-state index contributed by atoms with van der Waals surface area (Å²) in [7, 11) is 0. The van der Waals surface area contributed by atoms with E-state index in [2.05, 4.69) is 105 Å². The molecule has 3 aromatic heterocycles. The number of nitrogens with zero attached hydrogens (tertiary/aromatic N) is 4. The summed E-state index contributed by atoms with van der Waals surface area (Å²) in [5.41, 5.74) is 16.9. The third-order valence-electron chi connectivity index (χ3n) is 11.1. The summed E-state index contributed by atoms with van der Waals surface area (Å²) in [5, 5.41) is 2.17. The number of para-hydroxylation sites is 2. The van der Waals surface area contributed by atoms with Crippen LogP contribution in [0, 0.1) is 0 Å². The van der Waals surface area contributed by atoms with Crippen molar-refractivity contribution >= 4 is 43.5 Å². The molecule has 55 heavy (non-hydrogen) atoms. The molecule has 1 aliphatic carbocycles. The van der Waals surface area contributed by atoms with Crippen LogP contribution in [0.15, 0.2) is 162 Å². The average Bonchev–Trinajstić information content (AvgIpc) is 3.94. The van der Waals surface area contributed by atoms with E-state index < -0.39 is 0 Å². The van der Waals surface area contributed by atoms with Gasteiger partial charge < -0.3 is 4.42 Å². The van der Waals surface area contributed by atoms with Crippen molar-refractivity contribution in [3.63, 3.8) is 0 Å². The highest BCUT2D eigenvalue weighted by Crippen LogP contribution is 2.52. The van der Waals surface area contributed by atoms with Gasteiger partial charge in [0.1, 0.15) is 11.2 Å². The van der Waals surface area contributed by atoms with E-state index in [0.717, 1.165) is 66.4 Å². The quantitative estimate of drug-likeness (QED) is 0.177. The van der Waals surface area contributed by atoms with Gasteiger partial charge in [-0.25, -0.2) is 19.9 Å². The Kier molecular flexibility index (Phi) is 7.00. The first-order valence-electron chi connectivity index (χ1n) is 18.5. The Labute approximate surface area is 321 Å². The van der Waals surface area contributed by atoms with Crippen LogP contribution in [0.3, 0.4) is 0 Å². The molecule has 0 unspecified atom stereocenters. The molecule has 0 radical (unpaired) electrons. The number of rotatable bonds is 5. The third-order valence-corrected chi connectivity index (χ3v) is 11.9. The molecular formula is C49H32N4OS. The van der Waals surface area contributed by atoms with Gasteiger partial charge in [0.25, 0.3) is 0 Å². The van der Waals surface area contributed by atoms with Gasteiger partial charge in [-0.1, -0.05) is 147 Å². The number of furan rings is 1. The molecule has 0 saturated heterocycles. The van der Waals surface area contributed by atoms with Gasteiger partial charge in [0.2, 0.25) is 0 Å². The molecule has 7 aromatic carbocycles. The fourth-order valence-corrected chi connectivity index (χ4v) is 9.11. The van der Waals surface area contributed by atoms with Crippen molar-refractivity contribution in [2.75, 3.05) is 0 Å². The van der Waals surface area contributed by atoms with E-state index in [1.165, 1.54) is 27.0 Å². The van der Waals surface area contributed by atoms with E-state index in [1.54, 1.807) is 11.3 Å². The number of fused-ring (bicyclic) bond motifs is 8. The van der Waals surface area contributed by atoms with Crippen LogP contribution in [-0.4, -0.2) is 19.9 Å². The van der Waals surface area contributed by atoms with Gasteiger partial charge in [-0.15, -0.1) is 11.3 Å². The predicted octanol–water partition coefficient (Wildman–Crippen LogP) is 13.0. The predicted molar refractivity (Wildman–Crippen MR) is 225 cm³/mol. The fraction of sp³-hybridized carbons (Fsp3) is 0.0612. The van der Waals surface area contributed by atoms with E-state index in [4.69, 9.17) is 24.4 Å². The molecule has 0 spiro atoms. The molecule has 11 rings (SSSR count). The summed E-state index contributed by atoms with van der Waals surface area (Å²) in [6.45, 7) is 4.65. The van der Waals surface area contributed by atoms with Gasteiger partial charge in [-0.2, -0.15) is 0 Å². The Morgan fingerprint density at radius 2 is 1.02 bits per heavy atom. The Hall–Kier alpha value is -6.76. The zero-order chi connectivity index (χ0) is 36.7. The minimum atomic E-state index is -0.184. The van der Waals surface area contributed by atoms with E-state index in [-0.39, 0.29) is 5.41 Å². The SMILES string of the molecule is CC1(C)c2cc(-c3cccc4c3oc3c(-c5cccc(-c6nc(-c7ccccc7)nc(-c7ccccc7)n6)c5)cccc34)ccc2-c2ccc3scnc3c21. The molecule has 0 amide bonds. The summed E-state index contributed by atoms with van der Waals surface area (Å²) in [5.74, 6) is 1.89. The molecule has 0 saturated carbocycles. The molecule has 5 nitrogen and oxygen atoms in total. The Bertz CT molecular complexity index is 3070. The van der Waals surface area contributed by atoms with Gasteiger partial charge in [-0.3, -0.25) is 0 Å². The summed E-state index contributed by atoms with van der Waals surface area (Å²) in [4.78, 5) is 19.7. The average molecular weight is 725 g/mol. The Morgan fingerprint density at radius 3 is 1.67 bits per heavy atom. The summed E-state index contributed by atoms with van der Waals surface area (Å²) in [6.07, 6.45) is 0.